The minimum Gasteiger partial charge on any atom is -0.497 e. The predicted molar refractivity (Wildman–Crippen MR) is 147 cm³/mol. The maximum atomic E-state index is 12.0. The van der Waals surface area contributed by atoms with E-state index in [1.165, 1.54) is 25.7 Å². The molecule has 9 heteroatoms. The van der Waals surface area contributed by atoms with Gasteiger partial charge in [0.25, 0.3) is 0 Å². The van der Waals surface area contributed by atoms with Crippen molar-refractivity contribution in [1.29, 1.82) is 0 Å². The first-order valence-electron chi connectivity index (χ1n) is 12.2. The topological polar surface area (TPSA) is 82.9 Å². The lowest BCUT2D eigenvalue weighted by Gasteiger charge is -2.37. The van der Waals surface area contributed by atoms with E-state index in [1.807, 2.05) is 24.3 Å². The van der Waals surface area contributed by atoms with Gasteiger partial charge in [0.15, 0.2) is 0 Å². The summed E-state index contributed by atoms with van der Waals surface area (Å²) < 4.78 is 5.34. The zero-order valence-corrected chi connectivity index (χ0v) is 22.8. The Morgan fingerprint density at radius 1 is 1.23 bits per heavy atom. The van der Waals surface area contributed by atoms with Gasteiger partial charge in [0.1, 0.15) is 5.75 Å². The summed E-state index contributed by atoms with van der Waals surface area (Å²) in [5.74, 6) is 0.851. The van der Waals surface area contributed by atoms with Crippen molar-refractivity contribution in [3.05, 3.63) is 36.0 Å². The van der Waals surface area contributed by atoms with Gasteiger partial charge in [-0.3, -0.25) is 9.78 Å². The van der Waals surface area contributed by atoms with Crippen LogP contribution in [-0.4, -0.2) is 63.8 Å². The fourth-order valence-corrected chi connectivity index (χ4v) is 6.76. The highest BCUT2D eigenvalue weighted by molar-refractivity contribution is 7.99. The van der Waals surface area contributed by atoms with Gasteiger partial charge < -0.3 is 19.8 Å². The molecular formula is C26H38Cl2N2O4S. The number of rotatable bonds is 10. The van der Waals surface area contributed by atoms with Crippen molar-refractivity contribution < 1.29 is 19.7 Å². The fraction of sp³-hybridized carbons (Fsp3) is 0.615. The number of carboxylic acids is 1. The van der Waals surface area contributed by atoms with E-state index in [0.29, 0.717) is 19.4 Å². The Hall–Kier alpha value is -1.25. The number of benzene rings is 1. The molecule has 2 aromatic rings. The molecule has 2 heterocycles. The van der Waals surface area contributed by atoms with Gasteiger partial charge in [-0.25, -0.2) is 0 Å². The number of nitrogens with zero attached hydrogens (tertiary/aromatic N) is 2. The number of aliphatic hydroxyl groups excluding tert-OH is 1. The second-order valence-electron chi connectivity index (χ2n) is 9.45. The number of halogens is 2. The number of ether oxygens (including phenoxy) is 1. The SMILES string of the molecule is COc1ccc2nccc(C(O)CC[C@@H]3CCN(CCSC4CCCC4)C[C@@H]3C(=O)O)c2c1.Cl.Cl. The number of methoxy groups -OCH3 is 1. The molecule has 1 aliphatic carbocycles. The van der Waals surface area contributed by atoms with Crippen LogP contribution in [0, 0.1) is 11.8 Å². The molecule has 0 amide bonds. The maximum Gasteiger partial charge on any atom is 0.308 e. The van der Waals surface area contributed by atoms with E-state index >= 15 is 0 Å². The van der Waals surface area contributed by atoms with E-state index in [9.17, 15) is 15.0 Å². The highest BCUT2D eigenvalue weighted by Crippen LogP contribution is 2.34. The van der Waals surface area contributed by atoms with Crippen LogP contribution < -0.4 is 4.74 Å². The molecule has 2 fully saturated rings. The highest BCUT2D eigenvalue weighted by atomic mass is 35.5. The number of aliphatic hydroxyl groups is 1. The molecule has 1 aromatic carbocycles. The first kappa shape index (κ1) is 30.0. The Morgan fingerprint density at radius 3 is 2.71 bits per heavy atom. The number of hydrogen-bond acceptors (Lipinski definition) is 6. The lowest BCUT2D eigenvalue weighted by Crippen LogP contribution is -2.44. The summed E-state index contributed by atoms with van der Waals surface area (Å²) in [4.78, 5) is 18.8. The number of piperidine rings is 1. The van der Waals surface area contributed by atoms with Crippen LogP contribution in [0.2, 0.25) is 0 Å². The number of aromatic nitrogens is 1. The number of carbonyl (C=O) groups is 1. The largest absolute Gasteiger partial charge is 0.497 e. The second kappa shape index (κ2) is 14.5. The number of fused-ring (bicyclic) bond motifs is 1. The van der Waals surface area contributed by atoms with E-state index in [-0.39, 0.29) is 36.6 Å². The summed E-state index contributed by atoms with van der Waals surface area (Å²) in [6, 6.07) is 7.52. The number of pyridine rings is 1. The van der Waals surface area contributed by atoms with Gasteiger partial charge >= 0.3 is 5.97 Å². The third-order valence-corrected chi connectivity index (χ3v) is 8.73. The molecule has 2 aliphatic rings. The predicted octanol–water partition coefficient (Wildman–Crippen LogP) is 5.60. The molecule has 1 saturated carbocycles. The van der Waals surface area contributed by atoms with Crippen LogP contribution >= 0.6 is 36.6 Å². The molecule has 1 aliphatic heterocycles. The average Bonchev–Trinajstić information content (AvgIpc) is 3.35. The Morgan fingerprint density at radius 2 is 2.00 bits per heavy atom. The molecule has 0 bridgehead atoms. The first-order valence-corrected chi connectivity index (χ1v) is 13.3. The molecule has 35 heavy (non-hydrogen) atoms. The van der Waals surface area contributed by atoms with Crippen molar-refractivity contribution in [3.8, 4) is 5.75 Å². The molecule has 196 valence electrons. The van der Waals surface area contributed by atoms with Gasteiger partial charge in [0.2, 0.25) is 0 Å². The van der Waals surface area contributed by atoms with Crippen molar-refractivity contribution in [1.82, 2.24) is 9.88 Å². The van der Waals surface area contributed by atoms with Gasteiger partial charge in [0, 0.05) is 35.7 Å². The van der Waals surface area contributed by atoms with E-state index in [4.69, 9.17) is 4.74 Å². The summed E-state index contributed by atoms with van der Waals surface area (Å²) in [5.41, 5.74) is 1.65. The molecule has 6 nitrogen and oxygen atoms in total. The molecule has 2 N–H and O–H groups in total. The summed E-state index contributed by atoms with van der Waals surface area (Å²) in [6.07, 6.45) is 8.59. The number of likely N-dealkylation sites (tertiary alicyclic amines) is 1. The monoisotopic (exact) mass is 544 g/mol. The molecule has 1 saturated heterocycles. The first-order chi connectivity index (χ1) is 16.0. The summed E-state index contributed by atoms with van der Waals surface area (Å²) in [6.45, 7) is 2.55. The summed E-state index contributed by atoms with van der Waals surface area (Å²) in [5, 5.41) is 22.6. The third-order valence-electron chi connectivity index (χ3n) is 7.37. The smallest absolute Gasteiger partial charge is 0.308 e. The molecule has 0 spiro atoms. The van der Waals surface area contributed by atoms with Gasteiger partial charge in [-0.1, -0.05) is 12.8 Å². The van der Waals surface area contributed by atoms with Gasteiger partial charge in [0.05, 0.1) is 24.6 Å². The Bertz CT molecular complexity index is 945. The van der Waals surface area contributed by atoms with Crippen molar-refractivity contribution in [3.63, 3.8) is 0 Å². The van der Waals surface area contributed by atoms with Crippen LogP contribution in [0.1, 0.15) is 56.6 Å². The van der Waals surface area contributed by atoms with E-state index in [2.05, 4.69) is 21.6 Å². The molecular weight excluding hydrogens is 507 g/mol. The van der Waals surface area contributed by atoms with E-state index < -0.39 is 12.1 Å². The second-order valence-corrected chi connectivity index (χ2v) is 10.9. The normalized spacial score (nSPS) is 21.8. The van der Waals surface area contributed by atoms with Gasteiger partial charge in [-0.15, -0.1) is 24.8 Å². The number of carboxylic acid groups (broad SMARTS) is 1. The maximum absolute atomic E-state index is 12.0. The number of aliphatic carboxylic acids is 1. The molecule has 1 unspecified atom stereocenters. The van der Waals surface area contributed by atoms with Crippen LogP contribution in [0.15, 0.2) is 30.5 Å². The van der Waals surface area contributed by atoms with Crippen LogP contribution in [0.4, 0.5) is 0 Å². The minimum absolute atomic E-state index is 0. The van der Waals surface area contributed by atoms with Gasteiger partial charge in [-0.05, 0) is 74.4 Å². The molecule has 4 rings (SSSR count). The zero-order chi connectivity index (χ0) is 23.2. The minimum atomic E-state index is -0.707. The highest BCUT2D eigenvalue weighted by Gasteiger charge is 2.34. The summed E-state index contributed by atoms with van der Waals surface area (Å²) >= 11 is 2.07. The zero-order valence-electron chi connectivity index (χ0n) is 20.3. The van der Waals surface area contributed by atoms with Crippen molar-refractivity contribution in [2.24, 2.45) is 11.8 Å². The lowest BCUT2D eigenvalue weighted by molar-refractivity contribution is -0.146. The quantitative estimate of drug-likeness (QED) is 0.402. The van der Waals surface area contributed by atoms with E-state index in [0.717, 1.165) is 52.7 Å². The Kier molecular flexibility index (Phi) is 12.4. The van der Waals surface area contributed by atoms with Crippen molar-refractivity contribution in [2.45, 2.75) is 56.3 Å². The number of thioether (sulfide) groups is 1. The Balaban J connectivity index is 0.00000216. The van der Waals surface area contributed by atoms with E-state index in [1.54, 1.807) is 13.3 Å². The molecule has 3 atom stereocenters. The number of hydrogen-bond donors (Lipinski definition) is 2. The van der Waals surface area contributed by atoms with Crippen LogP contribution in [-0.2, 0) is 4.79 Å². The Labute approximate surface area is 225 Å². The van der Waals surface area contributed by atoms with Crippen LogP contribution in [0.5, 0.6) is 5.75 Å². The van der Waals surface area contributed by atoms with Crippen molar-refractivity contribution >= 4 is 53.4 Å². The lowest BCUT2D eigenvalue weighted by atomic mass is 9.81. The van der Waals surface area contributed by atoms with Crippen LogP contribution in [0.3, 0.4) is 0 Å². The summed E-state index contributed by atoms with van der Waals surface area (Å²) in [7, 11) is 1.62. The van der Waals surface area contributed by atoms with Crippen molar-refractivity contribution in [2.75, 3.05) is 32.5 Å². The fourth-order valence-electron chi connectivity index (χ4n) is 5.39. The van der Waals surface area contributed by atoms with Gasteiger partial charge in [-0.2, -0.15) is 11.8 Å². The van der Waals surface area contributed by atoms with Crippen LogP contribution in [0.25, 0.3) is 10.9 Å². The average molecular weight is 546 g/mol. The third kappa shape index (κ3) is 7.86. The molecule has 0 radical (unpaired) electrons. The molecule has 1 aromatic heterocycles. The standard InChI is InChI=1S/C26H36N2O4S.2ClH/c1-32-19-7-8-24-22(16-19)21(10-12-27-24)25(29)9-6-18-11-13-28(17-23(18)26(30)31)14-15-33-20-4-2-3-5-20;;/h7-8,10,12,16,18,20,23,25,29H,2-6,9,11,13-15,17H2,1H3,(H,30,31);2*1H/t18-,23+,25?;;/m1../s1.